The third-order valence-electron chi connectivity index (χ3n) is 4.00. The molecule has 11 heavy (non-hydrogen) atoms. The smallest absolute Gasteiger partial charge is 0.0697 e. The fourth-order valence-corrected chi connectivity index (χ4v) is 3.00. The van der Waals surface area contributed by atoms with Crippen LogP contribution in [0.5, 0.6) is 0 Å². The number of rotatable bonds is 0. The Balaban J connectivity index is 1.94. The molecular formula is C10H19B. The third kappa shape index (κ3) is 1.48. The van der Waals surface area contributed by atoms with Crippen LogP contribution in [0.1, 0.15) is 51.4 Å². The molecule has 1 spiro atoms. The lowest BCUT2D eigenvalue weighted by Crippen LogP contribution is -2.22. The summed E-state index contributed by atoms with van der Waals surface area (Å²) < 4.78 is 0. The molecule has 0 aromatic carbocycles. The lowest BCUT2D eigenvalue weighted by Gasteiger charge is -2.36. The summed E-state index contributed by atoms with van der Waals surface area (Å²) in [7, 11) is 2.42. The summed E-state index contributed by atoms with van der Waals surface area (Å²) in [5.41, 5.74) is 0.854. The topological polar surface area (TPSA) is 0 Å². The van der Waals surface area contributed by atoms with Crippen LogP contribution in [0.3, 0.4) is 0 Å². The first-order chi connectivity index (χ1) is 5.31. The minimum atomic E-state index is 0.854. The highest BCUT2D eigenvalue weighted by atomic mass is 14.4. The first kappa shape index (κ1) is 7.70. The van der Waals surface area contributed by atoms with Gasteiger partial charge in [0.25, 0.3) is 0 Å². The third-order valence-corrected chi connectivity index (χ3v) is 4.00. The average Bonchev–Trinajstić information content (AvgIpc) is 2.45. The van der Waals surface area contributed by atoms with E-state index in [9.17, 15) is 0 Å². The zero-order valence-corrected chi connectivity index (χ0v) is 7.73. The highest BCUT2D eigenvalue weighted by Gasteiger charge is 2.36. The van der Waals surface area contributed by atoms with Gasteiger partial charge in [-0.25, -0.2) is 0 Å². The molecule has 2 fully saturated rings. The van der Waals surface area contributed by atoms with Gasteiger partial charge in [-0.2, -0.15) is 0 Å². The zero-order chi connectivity index (χ0) is 7.73. The first-order valence-electron chi connectivity index (χ1n) is 5.31. The van der Waals surface area contributed by atoms with Gasteiger partial charge in [-0.1, -0.05) is 31.5 Å². The van der Waals surface area contributed by atoms with Crippen LogP contribution in [-0.2, 0) is 0 Å². The second kappa shape index (κ2) is 2.84. The Morgan fingerprint density at radius 1 is 0.909 bits per heavy atom. The first-order valence-corrected chi connectivity index (χ1v) is 5.31. The van der Waals surface area contributed by atoms with Gasteiger partial charge in [-0.05, 0) is 31.1 Å². The van der Waals surface area contributed by atoms with E-state index in [-0.39, 0.29) is 0 Å². The molecule has 0 atom stereocenters. The Bertz CT molecular complexity index is 126. The fourth-order valence-electron chi connectivity index (χ4n) is 3.00. The van der Waals surface area contributed by atoms with Crippen LogP contribution >= 0.6 is 0 Å². The molecule has 1 heteroatoms. The average molecular weight is 150 g/mol. The Hall–Kier alpha value is 0.0649. The van der Waals surface area contributed by atoms with Crippen molar-refractivity contribution in [3.05, 3.63) is 0 Å². The molecule has 2 aliphatic rings. The van der Waals surface area contributed by atoms with Gasteiger partial charge >= 0.3 is 0 Å². The van der Waals surface area contributed by atoms with Crippen LogP contribution in [0.15, 0.2) is 0 Å². The molecule has 0 heterocycles. The van der Waals surface area contributed by atoms with Gasteiger partial charge in [-0.15, -0.1) is 0 Å². The highest BCUT2D eigenvalue weighted by Crippen LogP contribution is 2.50. The molecule has 2 rings (SSSR count). The quantitative estimate of drug-likeness (QED) is 0.465. The van der Waals surface area contributed by atoms with Gasteiger partial charge in [0.1, 0.15) is 7.85 Å². The SMILES string of the molecule is BC1CCC2(CCCC2)CC1. The van der Waals surface area contributed by atoms with E-state index in [1.807, 2.05) is 0 Å². The molecule has 0 aliphatic heterocycles. The molecule has 0 unspecified atom stereocenters. The Morgan fingerprint density at radius 2 is 1.45 bits per heavy atom. The maximum Gasteiger partial charge on any atom is 0.105 e. The van der Waals surface area contributed by atoms with Crippen molar-refractivity contribution in [3.8, 4) is 0 Å². The highest BCUT2D eigenvalue weighted by molar-refractivity contribution is 6.11. The summed E-state index contributed by atoms with van der Waals surface area (Å²) in [6, 6.07) is 0. The van der Waals surface area contributed by atoms with E-state index < -0.39 is 0 Å². The van der Waals surface area contributed by atoms with Crippen LogP contribution in [0.4, 0.5) is 0 Å². The maximum atomic E-state index is 2.42. The van der Waals surface area contributed by atoms with E-state index in [4.69, 9.17) is 0 Å². The van der Waals surface area contributed by atoms with Gasteiger partial charge in [0.2, 0.25) is 0 Å². The standard InChI is InChI=1S/C10H19B/c11-9-3-7-10(8-4-9)5-1-2-6-10/h9H,1-8,11H2. The molecule has 0 aromatic rings. The molecule has 0 aromatic heterocycles. The monoisotopic (exact) mass is 150 g/mol. The number of hydrogen-bond acceptors (Lipinski definition) is 0. The van der Waals surface area contributed by atoms with Crippen molar-refractivity contribution in [2.75, 3.05) is 0 Å². The molecule has 0 saturated heterocycles. The molecule has 0 N–H and O–H groups in total. The van der Waals surface area contributed by atoms with Crippen LogP contribution in [0.2, 0.25) is 5.82 Å². The number of hydrogen-bond donors (Lipinski definition) is 0. The van der Waals surface area contributed by atoms with Crippen molar-refractivity contribution >= 4 is 7.85 Å². The summed E-state index contributed by atoms with van der Waals surface area (Å²) in [6.45, 7) is 0. The van der Waals surface area contributed by atoms with Crippen LogP contribution in [0, 0.1) is 5.41 Å². The maximum absolute atomic E-state index is 2.42. The predicted octanol–water partition coefficient (Wildman–Crippen LogP) is 2.54. The predicted molar refractivity (Wildman–Crippen MR) is 51.7 cm³/mol. The van der Waals surface area contributed by atoms with Crippen LogP contribution < -0.4 is 0 Å². The van der Waals surface area contributed by atoms with E-state index in [1.54, 1.807) is 25.7 Å². The van der Waals surface area contributed by atoms with E-state index in [0.717, 1.165) is 11.2 Å². The Kier molecular flexibility index (Phi) is 1.99. The zero-order valence-electron chi connectivity index (χ0n) is 7.73. The molecule has 62 valence electrons. The van der Waals surface area contributed by atoms with Crippen molar-refractivity contribution in [1.29, 1.82) is 0 Å². The van der Waals surface area contributed by atoms with Crippen LogP contribution in [0.25, 0.3) is 0 Å². The normalized spacial score (nSPS) is 31.3. The minimum Gasteiger partial charge on any atom is -0.0697 e. The van der Waals surface area contributed by atoms with Crippen molar-refractivity contribution in [1.82, 2.24) is 0 Å². The summed E-state index contributed by atoms with van der Waals surface area (Å²) in [6.07, 6.45) is 12.3. The molecule has 0 bridgehead atoms. The molecular weight excluding hydrogens is 131 g/mol. The Labute approximate surface area is 71.2 Å². The largest absolute Gasteiger partial charge is 0.105 e. The van der Waals surface area contributed by atoms with E-state index >= 15 is 0 Å². The molecule has 0 amide bonds. The minimum absolute atomic E-state index is 0.854. The van der Waals surface area contributed by atoms with Crippen molar-refractivity contribution in [2.45, 2.75) is 57.2 Å². The summed E-state index contributed by atoms with van der Waals surface area (Å²) in [5, 5.41) is 0. The van der Waals surface area contributed by atoms with E-state index in [1.165, 1.54) is 25.7 Å². The molecule has 0 radical (unpaired) electrons. The van der Waals surface area contributed by atoms with Gasteiger partial charge in [0, 0.05) is 0 Å². The van der Waals surface area contributed by atoms with E-state index in [0.29, 0.717) is 0 Å². The second-order valence-corrected chi connectivity index (χ2v) is 4.89. The molecule has 2 saturated carbocycles. The molecule has 0 nitrogen and oxygen atoms in total. The van der Waals surface area contributed by atoms with E-state index in [2.05, 4.69) is 7.85 Å². The lowest BCUT2D eigenvalue weighted by atomic mass is 9.64. The van der Waals surface area contributed by atoms with Gasteiger partial charge in [0.15, 0.2) is 0 Å². The van der Waals surface area contributed by atoms with Gasteiger partial charge in [0.05, 0.1) is 0 Å². The van der Waals surface area contributed by atoms with Crippen molar-refractivity contribution in [3.63, 3.8) is 0 Å². The second-order valence-electron chi connectivity index (χ2n) is 4.89. The lowest BCUT2D eigenvalue weighted by molar-refractivity contribution is 0.198. The molecule has 2 aliphatic carbocycles. The summed E-state index contributed by atoms with van der Waals surface area (Å²) in [5.74, 6) is 1.03. The Morgan fingerprint density at radius 3 is 2.00 bits per heavy atom. The van der Waals surface area contributed by atoms with Crippen molar-refractivity contribution in [2.24, 2.45) is 5.41 Å². The van der Waals surface area contributed by atoms with Gasteiger partial charge < -0.3 is 0 Å². The summed E-state index contributed by atoms with van der Waals surface area (Å²) >= 11 is 0. The summed E-state index contributed by atoms with van der Waals surface area (Å²) in [4.78, 5) is 0. The van der Waals surface area contributed by atoms with Gasteiger partial charge in [-0.3, -0.25) is 0 Å². The van der Waals surface area contributed by atoms with Crippen LogP contribution in [-0.4, -0.2) is 7.85 Å². The van der Waals surface area contributed by atoms with Crippen molar-refractivity contribution < 1.29 is 0 Å². The fraction of sp³-hybridized carbons (Fsp3) is 1.00.